The monoisotopic (exact) mass is 606 g/mol. The molecule has 0 unspecified atom stereocenters. The molecule has 1 aromatic carbocycles. The highest BCUT2D eigenvalue weighted by Gasteiger charge is 2.43. The molecule has 4 amide bonds. The van der Waals surface area contributed by atoms with Crippen molar-refractivity contribution in [3.8, 4) is 0 Å². The smallest absolute Gasteiger partial charge is 0.254 e. The lowest BCUT2D eigenvalue weighted by Gasteiger charge is -2.42. The van der Waals surface area contributed by atoms with Gasteiger partial charge in [-0.05, 0) is 95.9 Å². The van der Waals surface area contributed by atoms with Gasteiger partial charge in [0.15, 0.2) is 0 Å². The van der Waals surface area contributed by atoms with E-state index in [1.807, 2.05) is 18.2 Å². The van der Waals surface area contributed by atoms with Gasteiger partial charge in [0.25, 0.3) is 5.91 Å². The standard InChI is InChI=1S/C34H50N6O4/c1-23(2)38-16-11-25-19-31(41)37-17-12-28(13-18-37)39-15-6-9-29(39)33(43)36-27-20-30(32(42)35-14-10-26(25)21-38)40(22-27)34(44)24-7-4-3-5-8-24/h3-5,7-8,23,25-30H,6,9-22H2,1-2H3,(H,35,42)(H,36,43)/t25-,26-,27+,29-,30+/m0/s1. The van der Waals surface area contributed by atoms with Crippen LogP contribution in [0.3, 0.4) is 0 Å². The van der Waals surface area contributed by atoms with Crippen molar-refractivity contribution >= 4 is 23.6 Å². The van der Waals surface area contributed by atoms with Gasteiger partial charge in [-0.1, -0.05) is 18.2 Å². The topological polar surface area (TPSA) is 105 Å². The van der Waals surface area contributed by atoms with Gasteiger partial charge < -0.3 is 25.3 Å². The number of carbonyl (C=O) groups excluding carboxylic acids is 4. The van der Waals surface area contributed by atoms with E-state index in [-0.39, 0.29) is 35.7 Å². The molecule has 5 atom stereocenters. The molecule has 0 saturated carbocycles. The van der Waals surface area contributed by atoms with Gasteiger partial charge in [-0.25, -0.2) is 0 Å². The summed E-state index contributed by atoms with van der Waals surface area (Å²) in [6.07, 6.45) is 6.34. The first-order valence-corrected chi connectivity index (χ1v) is 17.0. The van der Waals surface area contributed by atoms with E-state index in [1.54, 1.807) is 17.0 Å². The molecular weight excluding hydrogens is 556 g/mol. The first-order chi connectivity index (χ1) is 21.3. The van der Waals surface area contributed by atoms with E-state index in [0.29, 0.717) is 55.4 Å². The number of benzene rings is 1. The van der Waals surface area contributed by atoms with Gasteiger partial charge in [-0.15, -0.1) is 0 Å². The number of likely N-dealkylation sites (tertiary alicyclic amines) is 2. The molecule has 6 fully saturated rings. The maximum atomic E-state index is 13.7. The molecule has 6 heterocycles. The highest BCUT2D eigenvalue weighted by molar-refractivity contribution is 5.98. The van der Waals surface area contributed by atoms with Gasteiger partial charge in [-0.2, -0.15) is 0 Å². The number of piperidine rings is 2. The lowest BCUT2D eigenvalue weighted by Crippen LogP contribution is -2.54. The van der Waals surface area contributed by atoms with Crippen molar-refractivity contribution in [2.45, 2.75) is 95.4 Å². The molecule has 0 spiro atoms. The Kier molecular flexibility index (Phi) is 9.56. The zero-order valence-electron chi connectivity index (χ0n) is 26.5. The molecule has 0 aliphatic carbocycles. The van der Waals surface area contributed by atoms with Gasteiger partial charge >= 0.3 is 0 Å². The summed E-state index contributed by atoms with van der Waals surface area (Å²) >= 11 is 0. The molecule has 6 aliphatic rings. The van der Waals surface area contributed by atoms with Gasteiger partial charge in [0.1, 0.15) is 6.04 Å². The highest BCUT2D eigenvalue weighted by atomic mass is 16.2. The summed E-state index contributed by atoms with van der Waals surface area (Å²) < 4.78 is 0. The number of hydrogen-bond acceptors (Lipinski definition) is 6. The highest BCUT2D eigenvalue weighted by Crippen LogP contribution is 2.32. The van der Waals surface area contributed by atoms with Crippen LogP contribution >= 0.6 is 0 Å². The summed E-state index contributed by atoms with van der Waals surface area (Å²) in [6, 6.07) is 8.69. The van der Waals surface area contributed by atoms with E-state index in [1.165, 1.54) is 0 Å². The summed E-state index contributed by atoms with van der Waals surface area (Å²) in [4.78, 5) is 63.1. The third-order valence-electron chi connectivity index (χ3n) is 11.0. The van der Waals surface area contributed by atoms with Gasteiger partial charge in [0, 0.05) is 62.8 Å². The first kappa shape index (κ1) is 31.0. The maximum absolute atomic E-state index is 13.7. The van der Waals surface area contributed by atoms with E-state index in [9.17, 15) is 19.2 Å². The zero-order chi connectivity index (χ0) is 30.8. The predicted molar refractivity (Wildman–Crippen MR) is 168 cm³/mol. The van der Waals surface area contributed by atoms with Crippen molar-refractivity contribution in [2.24, 2.45) is 11.8 Å². The molecule has 240 valence electrons. The van der Waals surface area contributed by atoms with Crippen LogP contribution in [0.15, 0.2) is 30.3 Å². The lowest BCUT2D eigenvalue weighted by molar-refractivity contribution is -0.136. The Morgan fingerprint density at radius 1 is 0.841 bits per heavy atom. The quantitative estimate of drug-likeness (QED) is 0.535. The minimum Gasteiger partial charge on any atom is -0.354 e. The molecule has 0 aromatic heterocycles. The van der Waals surface area contributed by atoms with E-state index < -0.39 is 6.04 Å². The summed E-state index contributed by atoms with van der Waals surface area (Å²) in [7, 11) is 0. The predicted octanol–water partition coefficient (Wildman–Crippen LogP) is 2.10. The summed E-state index contributed by atoms with van der Waals surface area (Å²) in [5, 5.41) is 6.40. The number of nitrogens with one attached hydrogen (secondary N) is 2. The van der Waals surface area contributed by atoms with Crippen molar-refractivity contribution in [1.82, 2.24) is 30.2 Å². The van der Waals surface area contributed by atoms with Crippen molar-refractivity contribution in [2.75, 3.05) is 45.8 Å². The number of fused-ring (bicyclic) bond motifs is 7. The number of rotatable bonds is 2. The minimum atomic E-state index is -0.644. The average Bonchev–Trinajstić information content (AvgIpc) is 3.69. The van der Waals surface area contributed by atoms with Crippen LogP contribution in [0.5, 0.6) is 0 Å². The van der Waals surface area contributed by atoms with Crippen molar-refractivity contribution in [3.05, 3.63) is 35.9 Å². The molecule has 0 radical (unpaired) electrons. The molecule has 10 nitrogen and oxygen atoms in total. The first-order valence-electron chi connectivity index (χ1n) is 17.0. The van der Waals surface area contributed by atoms with E-state index in [2.05, 4.69) is 39.2 Å². The molecule has 1 aromatic rings. The number of hydrogen-bond donors (Lipinski definition) is 2. The Bertz CT molecular complexity index is 1200. The molecule has 6 saturated heterocycles. The van der Waals surface area contributed by atoms with Crippen LogP contribution in [0.1, 0.15) is 75.6 Å². The van der Waals surface area contributed by atoms with Crippen LogP contribution in [0.2, 0.25) is 0 Å². The zero-order valence-corrected chi connectivity index (χ0v) is 26.5. The van der Waals surface area contributed by atoms with Crippen LogP contribution < -0.4 is 10.6 Å². The molecule has 7 rings (SSSR count). The SMILES string of the molecule is CC(C)N1CC[C@H]2CC(=O)N3CCC(CC3)N3CCC[C@H]3C(=O)N[C@@H]3C[C@H](C(=O)NCC[C@H]2C1)N(C(=O)c1ccccc1)C3. The summed E-state index contributed by atoms with van der Waals surface area (Å²) in [6.45, 7) is 9.59. The number of carbonyl (C=O) groups is 4. The van der Waals surface area contributed by atoms with Crippen molar-refractivity contribution in [1.29, 1.82) is 0 Å². The number of amides is 4. The Balaban J connectivity index is 1.24. The average molecular weight is 607 g/mol. The second-order valence-electron chi connectivity index (χ2n) is 14.0. The molecule has 4 bridgehead atoms. The fourth-order valence-corrected chi connectivity index (χ4v) is 8.44. The van der Waals surface area contributed by atoms with E-state index >= 15 is 0 Å². The fourth-order valence-electron chi connectivity index (χ4n) is 8.44. The van der Waals surface area contributed by atoms with Crippen LogP contribution in [-0.2, 0) is 14.4 Å². The largest absolute Gasteiger partial charge is 0.354 e. The van der Waals surface area contributed by atoms with Gasteiger partial charge in [0.2, 0.25) is 17.7 Å². The Hall–Kier alpha value is -2.98. The Morgan fingerprint density at radius 2 is 1.61 bits per heavy atom. The summed E-state index contributed by atoms with van der Waals surface area (Å²) in [5.41, 5.74) is 0.545. The second-order valence-corrected chi connectivity index (χ2v) is 14.0. The molecular formula is C34H50N6O4. The number of nitrogens with zero attached hydrogens (tertiary/aromatic N) is 4. The molecule has 44 heavy (non-hydrogen) atoms. The van der Waals surface area contributed by atoms with Crippen LogP contribution in [0.4, 0.5) is 0 Å². The summed E-state index contributed by atoms with van der Waals surface area (Å²) in [5.74, 6) is 0.512. The fraction of sp³-hybridized carbons (Fsp3) is 0.706. The van der Waals surface area contributed by atoms with Gasteiger partial charge in [0.05, 0.1) is 6.04 Å². The van der Waals surface area contributed by atoms with Crippen LogP contribution in [0, 0.1) is 11.8 Å². The third kappa shape index (κ3) is 6.66. The molecule has 10 heteroatoms. The lowest BCUT2D eigenvalue weighted by atomic mass is 9.80. The van der Waals surface area contributed by atoms with Gasteiger partial charge in [-0.3, -0.25) is 24.1 Å². The van der Waals surface area contributed by atoms with E-state index in [4.69, 9.17) is 0 Å². The minimum absolute atomic E-state index is 0.00382. The van der Waals surface area contributed by atoms with Crippen molar-refractivity contribution < 1.29 is 19.2 Å². The van der Waals surface area contributed by atoms with Crippen molar-refractivity contribution in [3.63, 3.8) is 0 Å². The van der Waals surface area contributed by atoms with Crippen LogP contribution in [-0.4, -0.2) is 119 Å². The second kappa shape index (κ2) is 13.6. The Morgan fingerprint density at radius 3 is 2.36 bits per heavy atom. The maximum Gasteiger partial charge on any atom is 0.254 e. The van der Waals surface area contributed by atoms with E-state index in [0.717, 1.165) is 71.2 Å². The Labute approximate surface area is 261 Å². The molecule has 2 N–H and O–H groups in total. The third-order valence-corrected chi connectivity index (χ3v) is 11.0. The van der Waals surface area contributed by atoms with Crippen LogP contribution in [0.25, 0.3) is 0 Å². The normalized spacial score (nSPS) is 32.8. The molecule has 6 aliphatic heterocycles.